The standard InChI is InChI=1S/C19H20N4O2S/c1-3-13-9-7-8-12-15(13)20-17(26)22-23-16(24)19(2,21-18(23)25)14-10-5-4-6-11-14/h4-12H,3H2,1-2H3,(H,21,25)(H2,20,22,26)/t19-/m0/s1. The lowest BCUT2D eigenvalue weighted by Gasteiger charge is -2.22. The zero-order chi connectivity index (χ0) is 18.7. The van der Waals surface area contributed by atoms with Crippen molar-refractivity contribution < 1.29 is 9.59 Å². The Balaban J connectivity index is 1.75. The number of carbonyl (C=O) groups is 2. The molecular formula is C19H20N4O2S. The highest BCUT2D eigenvalue weighted by Gasteiger charge is 2.49. The summed E-state index contributed by atoms with van der Waals surface area (Å²) in [7, 11) is 0. The second kappa shape index (κ2) is 7.13. The summed E-state index contributed by atoms with van der Waals surface area (Å²) in [6, 6.07) is 16.3. The molecule has 1 saturated heterocycles. The number of anilines is 1. The fourth-order valence-electron chi connectivity index (χ4n) is 2.91. The molecular weight excluding hydrogens is 348 g/mol. The van der Waals surface area contributed by atoms with E-state index in [1.807, 2.05) is 49.4 Å². The lowest BCUT2D eigenvalue weighted by Crippen LogP contribution is -2.49. The van der Waals surface area contributed by atoms with Gasteiger partial charge in [0.15, 0.2) is 5.11 Å². The number of thiocarbonyl (C=S) groups is 1. The third-order valence-electron chi connectivity index (χ3n) is 4.40. The average molecular weight is 368 g/mol. The van der Waals surface area contributed by atoms with Crippen LogP contribution in [-0.2, 0) is 16.8 Å². The molecule has 1 aliphatic rings. The highest BCUT2D eigenvalue weighted by molar-refractivity contribution is 7.80. The summed E-state index contributed by atoms with van der Waals surface area (Å²) in [6.07, 6.45) is 0.834. The number of rotatable bonds is 4. The Morgan fingerprint density at radius 3 is 2.46 bits per heavy atom. The minimum Gasteiger partial charge on any atom is -0.331 e. The van der Waals surface area contributed by atoms with Crippen LogP contribution in [0.15, 0.2) is 54.6 Å². The van der Waals surface area contributed by atoms with Crippen molar-refractivity contribution in [1.82, 2.24) is 15.8 Å². The van der Waals surface area contributed by atoms with E-state index in [2.05, 4.69) is 16.1 Å². The molecule has 0 unspecified atom stereocenters. The third kappa shape index (κ3) is 3.25. The number of nitrogens with one attached hydrogen (secondary N) is 3. The highest BCUT2D eigenvalue weighted by Crippen LogP contribution is 2.27. The number of carbonyl (C=O) groups excluding carboxylic acids is 2. The monoisotopic (exact) mass is 368 g/mol. The molecule has 7 heteroatoms. The van der Waals surface area contributed by atoms with E-state index in [4.69, 9.17) is 12.2 Å². The molecule has 134 valence electrons. The van der Waals surface area contributed by atoms with Gasteiger partial charge in [0.25, 0.3) is 5.91 Å². The lowest BCUT2D eigenvalue weighted by atomic mass is 9.92. The van der Waals surface area contributed by atoms with Crippen LogP contribution >= 0.6 is 12.2 Å². The van der Waals surface area contributed by atoms with Crippen molar-refractivity contribution in [3.8, 4) is 0 Å². The molecule has 26 heavy (non-hydrogen) atoms. The summed E-state index contributed by atoms with van der Waals surface area (Å²) in [4.78, 5) is 25.2. The van der Waals surface area contributed by atoms with Gasteiger partial charge in [0.05, 0.1) is 0 Å². The van der Waals surface area contributed by atoms with Crippen LogP contribution in [0.1, 0.15) is 25.0 Å². The summed E-state index contributed by atoms with van der Waals surface area (Å²) >= 11 is 5.28. The van der Waals surface area contributed by atoms with Gasteiger partial charge in [0, 0.05) is 5.69 Å². The molecule has 0 saturated carbocycles. The predicted octanol–water partition coefficient (Wildman–Crippen LogP) is 2.92. The maximum absolute atomic E-state index is 12.8. The zero-order valence-electron chi connectivity index (χ0n) is 14.6. The molecule has 0 radical (unpaired) electrons. The average Bonchev–Trinajstić information content (AvgIpc) is 2.87. The van der Waals surface area contributed by atoms with Crippen LogP contribution in [0.5, 0.6) is 0 Å². The number of hydrogen-bond acceptors (Lipinski definition) is 3. The summed E-state index contributed by atoms with van der Waals surface area (Å²) in [5, 5.41) is 6.86. The number of hydrogen-bond donors (Lipinski definition) is 3. The van der Waals surface area contributed by atoms with Gasteiger partial charge in [-0.15, -0.1) is 0 Å². The van der Waals surface area contributed by atoms with Crippen molar-refractivity contribution in [3.05, 3.63) is 65.7 Å². The van der Waals surface area contributed by atoms with E-state index in [-0.39, 0.29) is 5.11 Å². The molecule has 1 fully saturated rings. The Hall–Kier alpha value is -2.93. The Bertz CT molecular complexity index is 856. The quantitative estimate of drug-likeness (QED) is 0.572. The van der Waals surface area contributed by atoms with Gasteiger partial charge in [-0.2, -0.15) is 5.01 Å². The first-order chi connectivity index (χ1) is 12.5. The second-order valence-electron chi connectivity index (χ2n) is 6.14. The van der Waals surface area contributed by atoms with Crippen LogP contribution in [0.25, 0.3) is 0 Å². The molecule has 2 aromatic rings. The van der Waals surface area contributed by atoms with Crippen molar-refractivity contribution in [1.29, 1.82) is 0 Å². The smallest absolute Gasteiger partial charge is 0.331 e. The Morgan fingerprint density at radius 2 is 1.77 bits per heavy atom. The van der Waals surface area contributed by atoms with Gasteiger partial charge >= 0.3 is 6.03 Å². The van der Waals surface area contributed by atoms with Gasteiger partial charge in [-0.05, 0) is 42.8 Å². The molecule has 3 rings (SSSR count). The lowest BCUT2D eigenvalue weighted by molar-refractivity contribution is -0.132. The van der Waals surface area contributed by atoms with Gasteiger partial charge in [0.1, 0.15) is 5.54 Å². The van der Waals surface area contributed by atoms with E-state index in [9.17, 15) is 9.59 Å². The Labute approximate surface area is 157 Å². The minimum absolute atomic E-state index is 0.173. The van der Waals surface area contributed by atoms with Gasteiger partial charge in [-0.25, -0.2) is 4.79 Å². The fraction of sp³-hybridized carbons (Fsp3) is 0.211. The van der Waals surface area contributed by atoms with Crippen molar-refractivity contribution in [3.63, 3.8) is 0 Å². The van der Waals surface area contributed by atoms with Crippen molar-refractivity contribution in [2.75, 3.05) is 5.32 Å². The Morgan fingerprint density at radius 1 is 1.12 bits per heavy atom. The summed E-state index contributed by atoms with van der Waals surface area (Å²) in [5.74, 6) is -0.415. The van der Waals surface area contributed by atoms with E-state index >= 15 is 0 Å². The number of benzene rings is 2. The molecule has 3 amide bonds. The summed E-state index contributed by atoms with van der Waals surface area (Å²) in [5.41, 5.74) is 4.19. The second-order valence-corrected chi connectivity index (χ2v) is 6.55. The molecule has 0 spiro atoms. The van der Waals surface area contributed by atoms with E-state index < -0.39 is 17.5 Å². The van der Waals surface area contributed by atoms with E-state index in [1.165, 1.54) is 0 Å². The van der Waals surface area contributed by atoms with Gasteiger partial charge in [-0.3, -0.25) is 10.2 Å². The molecule has 1 atom stereocenters. The first-order valence-corrected chi connectivity index (χ1v) is 8.74. The Kier molecular flexibility index (Phi) is 4.90. The van der Waals surface area contributed by atoms with Crippen LogP contribution in [0, 0.1) is 0 Å². The molecule has 0 aromatic heterocycles. The van der Waals surface area contributed by atoms with E-state index in [1.54, 1.807) is 19.1 Å². The maximum atomic E-state index is 12.8. The third-order valence-corrected chi connectivity index (χ3v) is 4.60. The molecule has 0 bridgehead atoms. The van der Waals surface area contributed by atoms with Crippen molar-refractivity contribution >= 4 is 35.0 Å². The number of urea groups is 1. The summed E-state index contributed by atoms with van der Waals surface area (Å²) < 4.78 is 0. The van der Waals surface area contributed by atoms with Crippen LogP contribution in [0.4, 0.5) is 10.5 Å². The normalized spacial score (nSPS) is 19.2. The first kappa shape index (κ1) is 17.9. The topological polar surface area (TPSA) is 73.5 Å². The van der Waals surface area contributed by atoms with E-state index in [0.717, 1.165) is 22.7 Å². The number of para-hydroxylation sites is 1. The van der Waals surface area contributed by atoms with Gasteiger partial charge in [-0.1, -0.05) is 55.5 Å². The van der Waals surface area contributed by atoms with Crippen molar-refractivity contribution in [2.24, 2.45) is 0 Å². The fourth-order valence-corrected chi connectivity index (χ4v) is 3.11. The van der Waals surface area contributed by atoms with Gasteiger partial charge < -0.3 is 10.6 Å². The van der Waals surface area contributed by atoms with Crippen LogP contribution in [0.3, 0.4) is 0 Å². The zero-order valence-corrected chi connectivity index (χ0v) is 15.4. The number of hydrazine groups is 1. The highest BCUT2D eigenvalue weighted by atomic mass is 32.1. The largest absolute Gasteiger partial charge is 0.344 e. The first-order valence-electron chi connectivity index (χ1n) is 8.33. The molecule has 2 aromatic carbocycles. The molecule has 1 aliphatic heterocycles. The molecule has 1 heterocycles. The number of aryl methyl sites for hydroxylation is 1. The van der Waals surface area contributed by atoms with Crippen molar-refractivity contribution in [2.45, 2.75) is 25.8 Å². The van der Waals surface area contributed by atoms with Gasteiger partial charge in [0.2, 0.25) is 0 Å². The van der Waals surface area contributed by atoms with Crippen LogP contribution in [-0.4, -0.2) is 22.1 Å². The molecule has 6 nitrogen and oxygen atoms in total. The van der Waals surface area contributed by atoms with E-state index in [0.29, 0.717) is 5.56 Å². The number of nitrogens with zero attached hydrogens (tertiary/aromatic N) is 1. The SMILES string of the molecule is CCc1ccccc1NC(=S)NN1C(=O)N[C@@](C)(c2ccccc2)C1=O. The molecule has 3 N–H and O–H groups in total. The predicted molar refractivity (Wildman–Crippen MR) is 104 cm³/mol. The van der Waals surface area contributed by atoms with Crippen LogP contribution < -0.4 is 16.1 Å². The maximum Gasteiger partial charge on any atom is 0.344 e. The van der Waals surface area contributed by atoms with Crippen LogP contribution in [0.2, 0.25) is 0 Å². The number of imide groups is 1. The summed E-state index contributed by atoms with van der Waals surface area (Å²) in [6.45, 7) is 3.72. The molecule has 0 aliphatic carbocycles. The minimum atomic E-state index is -1.14. The number of amides is 3.